The monoisotopic (exact) mass is 311 g/mol. The molecule has 0 radical (unpaired) electrons. The molecule has 2 rings (SSSR count). The van der Waals surface area contributed by atoms with Crippen LogP contribution in [0, 0.1) is 13.8 Å². The molecule has 5 nitrogen and oxygen atoms in total. The van der Waals surface area contributed by atoms with E-state index in [0.717, 1.165) is 15.3 Å². The Hall–Kier alpha value is -1.44. The number of hydrogen-bond acceptors (Lipinski definition) is 5. The molecule has 0 fully saturated rings. The quantitative estimate of drug-likeness (QED) is 0.908. The molecule has 0 spiro atoms. The average Bonchev–Trinajstić information content (AvgIpc) is 2.68. The van der Waals surface area contributed by atoms with Gasteiger partial charge in [0.05, 0.1) is 5.69 Å². The van der Waals surface area contributed by atoms with Crippen molar-refractivity contribution in [2.45, 2.75) is 31.7 Å². The highest BCUT2D eigenvalue weighted by molar-refractivity contribution is 7.89. The predicted octanol–water partition coefficient (Wildman–Crippen LogP) is 2.38. The number of nitrogens with zero attached hydrogens (tertiary/aromatic N) is 1. The normalized spacial score (nSPS) is 13.3. The zero-order valence-corrected chi connectivity index (χ0v) is 13.2. The smallest absolute Gasteiger partial charge is 0.244 e. The number of thiophene rings is 1. The zero-order valence-electron chi connectivity index (χ0n) is 11.5. The number of sulfonamides is 1. The van der Waals surface area contributed by atoms with Crippen LogP contribution in [0.25, 0.3) is 0 Å². The molecule has 0 aromatic carbocycles. The SMILES string of the molecule is Cc1cc(C(C)NS(=O)(=O)c2cnccc2N)c(C)s1. The molecule has 1 atom stereocenters. The fourth-order valence-electron chi connectivity index (χ4n) is 2.06. The van der Waals surface area contributed by atoms with Crippen molar-refractivity contribution in [1.82, 2.24) is 9.71 Å². The fraction of sp³-hybridized carbons (Fsp3) is 0.308. The van der Waals surface area contributed by atoms with Gasteiger partial charge in [-0.2, -0.15) is 0 Å². The third kappa shape index (κ3) is 3.00. The summed E-state index contributed by atoms with van der Waals surface area (Å²) >= 11 is 1.65. The van der Waals surface area contributed by atoms with Gasteiger partial charge in [0, 0.05) is 28.2 Å². The molecule has 3 N–H and O–H groups in total. The van der Waals surface area contributed by atoms with Gasteiger partial charge < -0.3 is 5.73 Å². The summed E-state index contributed by atoms with van der Waals surface area (Å²) in [5.41, 5.74) is 6.88. The zero-order chi connectivity index (χ0) is 14.9. The van der Waals surface area contributed by atoms with Gasteiger partial charge in [-0.25, -0.2) is 13.1 Å². The molecule has 0 bridgehead atoms. The van der Waals surface area contributed by atoms with Crippen LogP contribution in [0.15, 0.2) is 29.4 Å². The Kier molecular flexibility index (Phi) is 4.12. The molecule has 0 amide bonds. The highest BCUT2D eigenvalue weighted by Crippen LogP contribution is 2.27. The molecule has 1 unspecified atom stereocenters. The Morgan fingerprint density at radius 2 is 2.10 bits per heavy atom. The van der Waals surface area contributed by atoms with E-state index in [1.54, 1.807) is 11.3 Å². The molecule has 2 aromatic rings. The molecule has 2 heterocycles. The van der Waals surface area contributed by atoms with E-state index in [0.29, 0.717) is 0 Å². The average molecular weight is 311 g/mol. The van der Waals surface area contributed by atoms with Crippen molar-refractivity contribution >= 4 is 27.0 Å². The lowest BCUT2D eigenvalue weighted by Crippen LogP contribution is -2.27. The van der Waals surface area contributed by atoms with E-state index in [1.807, 2.05) is 26.8 Å². The fourth-order valence-corrected chi connectivity index (χ4v) is 4.38. The van der Waals surface area contributed by atoms with Crippen molar-refractivity contribution in [1.29, 1.82) is 0 Å². The first-order valence-electron chi connectivity index (χ1n) is 6.10. The lowest BCUT2D eigenvalue weighted by atomic mass is 10.1. The second-order valence-electron chi connectivity index (χ2n) is 4.63. The largest absolute Gasteiger partial charge is 0.398 e. The number of hydrogen-bond donors (Lipinski definition) is 2. The van der Waals surface area contributed by atoms with Crippen LogP contribution in [0.4, 0.5) is 5.69 Å². The van der Waals surface area contributed by atoms with Crippen LogP contribution in [0.2, 0.25) is 0 Å². The minimum atomic E-state index is -3.68. The van der Waals surface area contributed by atoms with E-state index >= 15 is 0 Å². The number of aromatic nitrogens is 1. The number of pyridine rings is 1. The first-order valence-corrected chi connectivity index (χ1v) is 8.40. The maximum Gasteiger partial charge on any atom is 0.244 e. The highest BCUT2D eigenvalue weighted by Gasteiger charge is 2.22. The molecule has 7 heteroatoms. The second kappa shape index (κ2) is 5.51. The predicted molar refractivity (Wildman–Crippen MR) is 81.2 cm³/mol. The van der Waals surface area contributed by atoms with Gasteiger partial charge in [0.15, 0.2) is 0 Å². The highest BCUT2D eigenvalue weighted by atomic mass is 32.2. The van der Waals surface area contributed by atoms with Crippen molar-refractivity contribution < 1.29 is 8.42 Å². The first kappa shape index (κ1) is 15.0. The maximum atomic E-state index is 12.3. The van der Waals surface area contributed by atoms with E-state index in [4.69, 9.17) is 5.73 Å². The molecule has 20 heavy (non-hydrogen) atoms. The van der Waals surface area contributed by atoms with Crippen LogP contribution in [-0.2, 0) is 10.0 Å². The molecule has 0 saturated heterocycles. The van der Waals surface area contributed by atoms with Gasteiger partial charge in [0.25, 0.3) is 0 Å². The van der Waals surface area contributed by atoms with E-state index in [9.17, 15) is 8.42 Å². The van der Waals surface area contributed by atoms with E-state index in [2.05, 4.69) is 9.71 Å². The van der Waals surface area contributed by atoms with Crippen LogP contribution >= 0.6 is 11.3 Å². The second-order valence-corrected chi connectivity index (χ2v) is 7.77. The summed E-state index contributed by atoms with van der Waals surface area (Å²) in [5, 5.41) is 0. The molecule has 108 valence electrons. The Morgan fingerprint density at radius 1 is 1.40 bits per heavy atom. The summed E-state index contributed by atoms with van der Waals surface area (Å²) in [6.45, 7) is 5.80. The van der Waals surface area contributed by atoms with Crippen molar-refractivity contribution in [2.75, 3.05) is 5.73 Å². The Labute approximate surface area is 122 Å². The van der Waals surface area contributed by atoms with Crippen LogP contribution in [0.1, 0.15) is 28.3 Å². The van der Waals surface area contributed by atoms with Gasteiger partial charge in [0.1, 0.15) is 4.90 Å². The Morgan fingerprint density at radius 3 is 2.65 bits per heavy atom. The summed E-state index contributed by atoms with van der Waals surface area (Å²) < 4.78 is 27.3. The third-order valence-corrected chi connectivity index (χ3v) is 5.55. The molecular weight excluding hydrogens is 294 g/mol. The third-order valence-electron chi connectivity index (χ3n) is 2.98. The Bertz CT molecular complexity index is 723. The molecule has 0 saturated carbocycles. The van der Waals surface area contributed by atoms with E-state index in [1.165, 1.54) is 18.5 Å². The van der Waals surface area contributed by atoms with Crippen LogP contribution in [0.5, 0.6) is 0 Å². The van der Waals surface area contributed by atoms with Gasteiger partial charge >= 0.3 is 0 Å². The maximum absolute atomic E-state index is 12.3. The molecular formula is C13H17N3O2S2. The molecule has 0 aliphatic rings. The van der Waals surface area contributed by atoms with E-state index < -0.39 is 10.0 Å². The summed E-state index contributed by atoms with van der Waals surface area (Å²) in [5.74, 6) is 0. The molecule has 0 aliphatic carbocycles. The van der Waals surface area contributed by atoms with Crippen LogP contribution < -0.4 is 10.5 Å². The van der Waals surface area contributed by atoms with Gasteiger partial charge in [-0.3, -0.25) is 4.98 Å². The number of anilines is 1. The van der Waals surface area contributed by atoms with Crippen molar-refractivity contribution in [3.05, 3.63) is 39.8 Å². The number of nitrogen functional groups attached to an aromatic ring is 1. The molecule has 0 aliphatic heterocycles. The standard InChI is InChI=1S/C13H17N3O2S2/c1-8-6-11(10(3)19-8)9(2)16-20(17,18)13-7-15-5-4-12(13)14/h4-7,9,16H,1-3H3,(H2,14,15). The van der Waals surface area contributed by atoms with Crippen LogP contribution in [-0.4, -0.2) is 13.4 Å². The molecule has 2 aromatic heterocycles. The van der Waals surface area contributed by atoms with Gasteiger partial charge in [-0.1, -0.05) is 0 Å². The van der Waals surface area contributed by atoms with Gasteiger partial charge in [0.2, 0.25) is 10.0 Å². The number of nitrogens with two attached hydrogens (primary N) is 1. The lowest BCUT2D eigenvalue weighted by Gasteiger charge is -2.15. The minimum Gasteiger partial charge on any atom is -0.398 e. The van der Waals surface area contributed by atoms with Crippen LogP contribution in [0.3, 0.4) is 0 Å². The summed E-state index contributed by atoms with van der Waals surface area (Å²) in [7, 11) is -3.68. The summed E-state index contributed by atoms with van der Waals surface area (Å²) in [4.78, 5) is 6.09. The number of aryl methyl sites for hydroxylation is 2. The van der Waals surface area contributed by atoms with Gasteiger partial charge in [-0.05, 0) is 38.5 Å². The lowest BCUT2D eigenvalue weighted by molar-refractivity contribution is 0.567. The number of rotatable bonds is 4. The minimum absolute atomic E-state index is 0.0106. The summed E-state index contributed by atoms with van der Waals surface area (Å²) in [6, 6.07) is 3.16. The number of nitrogens with one attached hydrogen (secondary N) is 1. The van der Waals surface area contributed by atoms with Crippen molar-refractivity contribution in [3.63, 3.8) is 0 Å². The van der Waals surface area contributed by atoms with E-state index in [-0.39, 0.29) is 16.6 Å². The summed E-state index contributed by atoms with van der Waals surface area (Å²) in [6.07, 6.45) is 2.72. The van der Waals surface area contributed by atoms with Crippen molar-refractivity contribution in [2.24, 2.45) is 0 Å². The van der Waals surface area contributed by atoms with Gasteiger partial charge in [-0.15, -0.1) is 11.3 Å². The first-order chi connectivity index (χ1) is 9.31. The Balaban J connectivity index is 2.29. The van der Waals surface area contributed by atoms with Crippen molar-refractivity contribution in [3.8, 4) is 0 Å². The topological polar surface area (TPSA) is 85.1 Å².